The van der Waals surface area contributed by atoms with Crippen molar-refractivity contribution in [2.24, 2.45) is 5.41 Å². The van der Waals surface area contributed by atoms with Crippen LogP contribution in [0.3, 0.4) is 0 Å². The van der Waals surface area contributed by atoms with Gasteiger partial charge < -0.3 is 20.3 Å². The maximum absolute atomic E-state index is 13.0. The molecule has 1 aromatic heterocycles. The number of benzene rings is 1. The van der Waals surface area contributed by atoms with Gasteiger partial charge in [-0.3, -0.25) is 4.79 Å². The van der Waals surface area contributed by atoms with Gasteiger partial charge in [0.2, 0.25) is 0 Å². The molecule has 2 amide bonds. The van der Waals surface area contributed by atoms with Crippen molar-refractivity contribution in [3.8, 4) is 0 Å². The van der Waals surface area contributed by atoms with E-state index in [1.807, 2.05) is 41.3 Å². The van der Waals surface area contributed by atoms with E-state index in [1.165, 1.54) is 7.11 Å². The number of carbonyl (C=O) groups is 2. The van der Waals surface area contributed by atoms with E-state index < -0.39 is 0 Å². The normalized spacial score (nSPS) is 16.1. The van der Waals surface area contributed by atoms with Crippen molar-refractivity contribution in [1.82, 2.24) is 15.2 Å². The molecule has 1 atom stereocenters. The Hall–Kier alpha value is -3.09. The Balaban J connectivity index is 1.58. The van der Waals surface area contributed by atoms with Gasteiger partial charge >= 0.3 is 12.0 Å². The van der Waals surface area contributed by atoms with Crippen LogP contribution in [0.4, 0.5) is 10.6 Å². The van der Waals surface area contributed by atoms with E-state index in [-0.39, 0.29) is 23.3 Å². The summed E-state index contributed by atoms with van der Waals surface area (Å²) in [6.45, 7) is 6.56. The number of rotatable bonds is 7. The number of fused-ring (bicyclic) bond motifs is 1. The fourth-order valence-electron chi connectivity index (χ4n) is 3.78. The fraction of sp³-hybridized carbons (Fsp3) is 0.458. The summed E-state index contributed by atoms with van der Waals surface area (Å²) in [5.41, 5.74) is 2.06. The van der Waals surface area contributed by atoms with Crippen LogP contribution < -0.4 is 10.6 Å². The lowest BCUT2D eigenvalue weighted by Crippen LogP contribution is -2.45. The molecular formula is C24H32N4O3. The minimum atomic E-state index is -0.222. The molecule has 166 valence electrons. The highest BCUT2D eigenvalue weighted by molar-refractivity contribution is 5.74. The molecule has 1 aliphatic rings. The largest absolute Gasteiger partial charge is 0.469 e. The van der Waals surface area contributed by atoms with Crippen LogP contribution >= 0.6 is 0 Å². The molecule has 0 saturated carbocycles. The number of amides is 2. The molecule has 1 unspecified atom stereocenters. The Morgan fingerprint density at radius 3 is 2.68 bits per heavy atom. The van der Waals surface area contributed by atoms with Crippen LogP contribution in [0.5, 0.6) is 0 Å². The van der Waals surface area contributed by atoms with Crippen LogP contribution in [0.2, 0.25) is 0 Å². The van der Waals surface area contributed by atoms with Gasteiger partial charge in [-0.2, -0.15) is 0 Å². The first kappa shape index (κ1) is 22.6. The van der Waals surface area contributed by atoms with Crippen molar-refractivity contribution in [2.75, 3.05) is 32.1 Å². The molecule has 7 nitrogen and oxygen atoms in total. The highest BCUT2D eigenvalue weighted by Crippen LogP contribution is 2.31. The first-order chi connectivity index (χ1) is 14.9. The molecule has 0 spiro atoms. The first-order valence-corrected chi connectivity index (χ1v) is 10.7. The predicted molar refractivity (Wildman–Crippen MR) is 121 cm³/mol. The zero-order valence-corrected chi connectivity index (χ0v) is 18.6. The minimum Gasteiger partial charge on any atom is -0.469 e. The second-order valence-corrected chi connectivity index (χ2v) is 8.78. The van der Waals surface area contributed by atoms with E-state index in [2.05, 4.69) is 35.5 Å². The standard InChI is InChI=1S/C24H32N4O3/c1-24(2,16-26-21-10-6-7-12-25-21)17-27-23(30)28-13-11-18(14-22(29)31-3)20-9-5-4-8-19(20)15-28/h4-10,12,18H,11,13-17H2,1-3H3,(H,25,26)(H,27,30). The molecule has 1 aromatic carbocycles. The van der Waals surface area contributed by atoms with Crippen molar-refractivity contribution < 1.29 is 14.3 Å². The highest BCUT2D eigenvalue weighted by atomic mass is 16.5. The van der Waals surface area contributed by atoms with Crippen LogP contribution in [0, 0.1) is 5.41 Å². The monoisotopic (exact) mass is 424 g/mol. The summed E-state index contributed by atoms with van der Waals surface area (Å²) >= 11 is 0. The van der Waals surface area contributed by atoms with Crippen molar-refractivity contribution in [3.63, 3.8) is 0 Å². The first-order valence-electron chi connectivity index (χ1n) is 10.7. The number of pyridine rings is 1. The van der Waals surface area contributed by atoms with Crippen LogP contribution in [-0.2, 0) is 16.1 Å². The molecule has 0 aliphatic carbocycles. The van der Waals surface area contributed by atoms with Gasteiger partial charge in [0.1, 0.15) is 5.82 Å². The Labute approximate surface area is 184 Å². The van der Waals surface area contributed by atoms with E-state index in [4.69, 9.17) is 4.74 Å². The molecule has 3 rings (SSSR count). The quantitative estimate of drug-likeness (QED) is 0.661. The Morgan fingerprint density at radius 1 is 1.16 bits per heavy atom. The minimum absolute atomic E-state index is 0.0560. The number of aromatic nitrogens is 1. The summed E-state index contributed by atoms with van der Waals surface area (Å²) in [6.07, 6.45) is 2.81. The van der Waals surface area contributed by atoms with Crippen molar-refractivity contribution in [1.29, 1.82) is 0 Å². The molecular weight excluding hydrogens is 392 g/mol. The number of esters is 1. The molecule has 2 N–H and O–H groups in total. The summed E-state index contributed by atoms with van der Waals surface area (Å²) in [5.74, 6) is 0.656. The third-order valence-corrected chi connectivity index (χ3v) is 5.66. The second-order valence-electron chi connectivity index (χ2n) is 8.78. The lowest BCUT2D eigenvalue weighted by molar-refractivity contribution is -0.141. The maximum Gasteiger partial charge on any atom is 0.317 e. The number of hydrogen-bond donors (Lipinski definition) is 2. The lowest BCUT2D eigenvalue weighted by Gasteiger charge is -2.28. The van der Waals surface area contributed by atoms with Crippen LogP contribution in [0.25, 0.3) is 0 Å². The van der Waals surface area contributed by atoms with Crippen LogP contribution in [0.1, 0.15) is 43.7 Å². The SMILES string of the molecule is COC(=O)CC1CCN(C(=O)NCC(C)(C)CNc2ccccn2)Cc2ccccc21. The average molecular weight is 425 g/mol. The number of anilines is 1. The molecule has 0 fully saturated rings. The van der Waals surface area contributed by atoms with Crippen LogP contribution in [-0.4, -0.2) is 48.6 Å². The van der Waals surface area contributed by atoms with Crippen molar-refractivity contribution >= 4 is 17.8 Å². The van der Waals surface area contributed by atoms with Gasteiger partial charge in [0.25, 0.3) is 0 Å². The topological polar surface area (TPSA) is 83.6 Å². The maximum atomic E-state index is 13.0. The zero-order valence-electron chi connectivity index (χ0n) is 18.6. The van der Waals surface area contributed by atoms with E-state index in [0.29, 0.717) is 32.6 Å². The van der Waals surface area contributed by atoms with Crippen molar-refractivity contribution in [2.45, 2.75) is 39.2 Å². The summed E-state index contributed by atoms with van der Waals surface area (Å²) < 4.78 is 4.87. The smallest absolute Gasteiger partial charge is 0.317 e. The molecule has 1 aliphatic heterocycles. The molecule has 0 saturated heterocycles. The van der Waals surface area contributed by atoms with Crippen molar-refractivity contribution in [3.05, 3.63) is 59.8 Å². The number of methoxy groups -OCH3 is 1. The van der Waals surface area contributed by atoms with Gasteiger partial charge in [0.05, 0.1) is 13.5 Å². The van der Waals surface area contributed by atoms with Gasteiger partial charge in [-0.05, 0) is 41.0 Å². The summed E-state index contributed by atoms with van der Waals surface area (Å²) in [7, 11) is 1.41. The number of nitrogens with zero attached hydrogens (tertiary/aromatic N) is 2. The Bertz CT molecular complexity index is 885. The fourth-order valence-corrected chi connectivity index (χ4v) is 3.78. The van der Waals surface area contributed by atoms with E-state index in [0.717, 1.165) is 23.4 Å². The number of urea groups is 1. The van der Waals surface area contributed by atoms with Gasteiger partial charge in [0, 0.05) is 32.4 Å². The number of ether oxygens (including phenoxy) is 1. The van der Waals surface area contributed by atoms with E-state index in [1.54, 1.807) is 6.20 Å². The lowest BCUT2D eigenvalue weighted by atomic mass is 9.90. The number of carbonyl (C=O) groups excluding carboxylic acids is 2. The second kappa shape index (κ2) is 10.3. The molecule has 2 aromatic rings. The van der Waals surface area contributed by atoms with Gasteiger partial charge in [-0.15, -0.1) is 0 Å². The summed E-state index contributed by atoms with van der Waals surface area (Å²) in [5, 5.41) is 6.41. The third kappa shape index (κ3) is 6.44. The summed E-state index contributed by atoms with van der Waals surface area (Å²) in [6, 6.07) is 13.7. The molecule has 7 heteroatoms. The van der Waals surface area contributed by atoms with Gasteiger partial charge in [-0.25, -0.2) is 9.78 Å². The predicted octanol–water partition coefficient (Wildman–Crippen LogP) is 3.78. The molecule has 0 bridgehead atoms. The summed E-state index contributed by atoms with van der Waals surface area (Å²) in [4.78, 5) is 30.9. The zero-order chi connectivity index (χ0) is 22.3. The van der Waals surface area contributed by atoms with Gasteiger partial charge in [0.15, 0.2) is 0 Å². The highest BCUT2D eigenvalue weighted by Gasteiger charge is 2.27. The molecule has 0 radical (unpaired) electrons. The molecule has 31 heavy (non-hydrogen) atoms. The van der Waals surface area contributed by atoms with Gasteiger partial charge in [-0.1, -0.05) is 44.2 Å². The van der Waals surface area contributed by atoms with Crippen LogP contribution in [0.15, 0.2) is 48.7 Å². The Morgan fingerprint density at radius 2 is 1.94 bits per heavy atom. The number of hydrogen-bond acceptors (Lipinski definition) is 5. The third-order valence-electron chi connectivity index (χ3n) is 5.66. The number of nitrogens with one attached hydrogen (secondary N) is 2. The Kier molecular flexibility index (Phi) is 7.50. The van der Waals surface area contributed by atoms with E-state index >= 15 is 0 Å². The van der Waals surface area contributed by atoms with E-state index in [9.17, 15) is 9.59 Å². The molecule has 2 heterocycles. The average Bonchev–Trinajstić information content (AvgIpc) is 2.96.